The second kappa shape index (κ2) is 24.6. The Kier molecular flexibility index (Phi) is 18.8. The summed E-state index contributed by atoms with van der Waals surface area (Å²) >= 11 is 8.09. The van der Waals surface area contributed by atoms with Crippen LogP contribution in [-0.2, 0) is 61.2 Å². The van der Waals surface area contributed by atoms with Crippen molar-refractivity contribution in [1.82, 2.24) is 14.4 Å². The average molecular weight is 1320 g/mol. The molecule has 3 heterocycles. The summed E-state index contributed by atoms with van der Waals surface area (Å²) in [7, 11) is -26.2. The number of nitriles is 1. The molecule has 5 aromatic carbocycles. The summed E-state index contributed by atoms with van der Waals surface area (Å²) in [5, 5.41) is 47.6. The highest BCUT2D eigenvalue weighted by Gasteiger charge is 2.26. The van der Waals surface area contributed by atoms with Gasteiger partial charge >= 0.3 is 10.6 Å². The second-order valence-electron chi connectivity index (χ2n) is 17.2. The van der Waals surface area contributed by atoms with Crippen LogP contribution in [0.5, 0.6) is 11.6 Å². The van der Waals surface area contributed by atoms with Crippen molar-refractivity contribution in [3.05, 3.63) is 87.9 Å². The van der Waals surface area contributed by atoms with Gasteiger partial charge in [0.25, 0.3) is 50.6 Å². The number of fused-ring (bicyclic) bond motifs is 6. The summed E-state index contributed by atoms with van der Waals surface area (Å²) in [6.07, 6.45) is -0.209. The van der Waals surface area contributed by atoms with Gasteiger partial charge in [-0.1, -0.05) is 29.0 Å². The molecule has 39 heteroatoms. The van der Waals surface area contributed by atoms with Gasteiger partial charge in [-0.15, -0.1) is 50.0 Å². The minimum atomic E-state index is -4.88. The topological polar surface area (TPSA) is 481 Å². The van der Waals surface area contributed by atoms with E-state index in [4.69, 9.17) is 29.0 Å². The predicted molar refractivity (Wildman–Crippen MR) is 298 cm³/mol. The van der Waals surface area contributed by atoms with Crippen LogP contribution in [0.2, 0.25) is 5.02 Å². The predicted octanol–water partition coefficient (Wildman–Crippen LogP) is 9.42. The van der Waals surface area contributed by atoms with Crippen LogP contribution >= 0.6 is 34.7 Å². The molecule has 438 valence electrons. The van der Waals surface area contributed by atoms with E-state index in [9.17, 15) is 75.2 Å². The number of halogens is 1. The minimum Gasteiger partial charge on any atom is -0.493 e. The first-order valence-electron chi connectivity index (χ1n) is 22.6. The van der Waals surface area contributed by atoms with Crippen LogP contribution in [0.1, 0.15) is 35.1 Å². The van der Waals surface area contributed by atoms with Crippen LogP contribution in [0.4, 0.5) is 33.6 Å². The Balaban J connectivity index is 0.00000240. The molecule has 0 spiro atoms. The monoisotopic (exact) mass is 1320 g/mol. The van der Waals surface area contributed by atoms with Gasteiger partial charge in [0.2, 0.25) is 11.0 Å². The number of thiazole rings is 1. The van der Waals surface area contributed by atoms with Crippen molar-refractivity contribution in [2.45, 2.75) is 53.2 Å². The third-order valence-electron chi connectivity index (χ3n) is 11.4. The second-order valence-corrected chi connectivity index (χ2v) is 27.5. The number of rotatable bonds is 19. The number of ether oxygens (including phenoxy) is 1. The van der Waals surface area contributed by atoms with E-state index in [2.05, 4.69) is 40.7 Å². The van der Waals surface area contributed by atoms with Gasteiger partial charge in [-0.2, -0.15) is 52.5 Å². The Bertz CT molecular complexity index is 4870. The molecule has 0 aliphatic heterocycles. The van der Waals surface area contributed by atoms with Crippen molar-refractivity contribution in [2.24, 2.45) is 30.7 Å². The molecule has 0 amide bonds. The van der Waals surface area contributed by atoms with Gasteiger partial charge in [0, 0.05) is 21.9 Å². The average Bonchev–Trinajstić information content (AvgIpc) is 4.23. The molecule has 0 bridgehead atoms. The van der Waals surface area contributed by atoms with Crippen molar-refractivity contribution in [3.63, 3.8) is 0 Å². The number of aromatic hydroxyl groups is 1. The maximum Gasteiger partial charge on any atom is 0.425 e. The highest BCUT2D eigenvalue weighted by Crippen LogP contribution is 2.44. The molecule has 0 aliphatic carbocycles. The van der Waals surface area contributed by atoms with E-state index in [-0.39, 0.29) is 113 Å². The molecule has 6 N–H and O–H groups in total. The van der Waals surface area contributed by atoms with E-state index in [0.717, 1.165) is 57.8 Å². The zero-order valence-corrected chi connectivity index (χ0v) is 49.3. The van der Waals surface area contributed by atoms with Crippen molar-refractivity contribution in [3.8, 4) is 17.7 Å². The van der Waals surface area contributed by atoms with Crippen molar-refractivity contribution >= 4 is 167 Å². The summed E-state index contributed by atoms with van der Waals surface area (Å²) in [4.78, 5) is 7.14. The number of imidazole rings is 1. The maximum atomic E-state index is 12.5. The lowest BCUT2D eigenvalue weighted by Crippen LogP contribution is -2.08. The van der Waals surface area contributed by atoms with Crippen molar-refractivity contribution in [1.29, 1.82) is 5.26 Å². The third kappa shape index (κ3) is 15.4. The maximum absolute atomic E-state index is 12.5. The van der Waals surface area contributed by atoms with Gasteiger partial charge in [-0.3, -0.25) is 27.2 Å². The summed E-state index contributed by atoms with van der Waals surface area (Å²) in [5.74, 6) is -1.80. The fourth-order valence-corrected chi connectivity index (χ4v) is 13.0. The SMILES string of the molecule is Cc1cc(N=Nc2cc(OCCCS(=O)(=O)O)c(N=Nc3c(C)c(C#N)c4nc5cc(S(=O)(=O)O)c(Cl)cc5n4c3O)cc2C)c(SCCCS(=O)(=O)O)cc1N=Nc1nc2c(S(=O)(=O)O)cc3ccc(S(=O)(=O)O)cc3c2s1.O=S(=O)=O. The Morgan fingerprint density at radius 2 is 1.30 bits per heavy atom. The molecule has 8 rings (SSSR count). The standard InChI is InChI=1S/C44H37ClN10O17S7.O3S/c1-21-12-32(51-53-39-23(3)27(20-46)42-47-31-19-37(78(66,67)68)28(45)16-34(31)55(42)43(39)56)35(72-8-4-10-75(57,58)59)17-29(21)49-52-33-13-22(2)30(18-36(33)73-9-5-11-76(60,61)62)50-54-44-48-40-38(79(69,70)71)14-24-6-7-25(77(63,64)65)15-26(24)41(40)74-44;1-4(2)3/h6-7,12-19,56H,4-5,8-11H2,1-3H3,(H,57,58,59)(H,60,61,62)(H,63,64,65)(H,66,67,68)(H,69,70,71);. The van der Waals surface area contributed by atoms with Gasteiger partial charge in [-0.05, 0) is 104 Å². The van der Waals surface area contributed by atoms with E-state index < -0.39 is 98.3 Å². The number of thioether (sulfide) groups is 1. The molecule has 83 heavy (non-hydrogen) atoms. The van der Waals surface area contributed by atoms with E-state index in [1.807, 2.05) is 6.07 Å². The fourth-order valence-electron chi connectivity index (χ4n) is 7.68. The lowest BCUT2D eigenvalue weighted by atomic mass is 10.1. The van der Waals surface area contributed by atoms with E-state index >= 15 is 0 Å². The van der Waals surface area contributed by atoms with Crippen LogP contribution in [0.15, 0.2) is 111 Å². The molecule has 8 aromatic rings. The zero-order chi connectivity index (χ0) is 61.3. The van der Waals surface area contributed by atoms with Gasteiger partial charge in [0.15, 0.2) is 11.3 Å². The molecule has 0 radical (unpaired) electrons. The van der Waals surface area contributed by atoms with Gasteiger partial charge < -0.3 is 9.84 Å². The van der Waals surface area contributed by atoms with Crippen LogP contribution in [-0.4, -0.2) is 121 Å². The third-order valence-corrected chi connectivity index (χ3v) is 18.1. The first kappa shape index (κ1) is 63.5. The van der Waals surface area contributed by atoms with Gasteiger partial charge in [0.05, 0.1) is 60.8 Å². The van der Waals surface area contributed by atoms with Crippen molar-refractivity contribution in [2.75, 3.05) is 23.9 Å². The van der Waals surface area contributed by atoms with Crippen LogP contribution in [0.25, 0.3) is 37.7 Å². The Labute approximate surface area is 484 Å². The van der Waals surface area contributed by atoms with Crippen molar-refractivity contribution < 1.29 is 87.3 Å². The normalized spacial score (nSPS) is 12.8. The Morgan fingerprint density at radius 3 is 1.92 bits per heavy atom. The first-order chi connectivity index (χ1) is 38.5. The minimum absolute atomic E-state index is 0.0125. The fraction of sp³-hybridized carbons (Fsp3) is 0.205. The summed E-state index contributed by atoms with van der Waals surface area (Å²) < 4.78 is 200. The molecule has 0 unspecified atom stereocenters. The molecule has 0 saturated heterocycles. The number of aryl methyl sites for hydroxylation is 2. The number of aromatic nitrogens is 3. The molecule has 3 aromatic heterocycles. The number of nitrogens with zero attached hydrogens (tertiary/aromatic N) is 10. The molecule has 0 fully saturated rings. The van der Waals surface area contributed by atoms with Crippen LogP contribution in [0, 0.1) is 32.1 Å². The van der Waals surface area contributed by atoms with E-state index in [1.54, 1.807) is 19.9 Å². The molecule has 0 aliphatic rings. The molecular formula is C44H37ClN10O20S8. The number of hydrogen-bond donors (Lipinski definition) is 6. The van der Waals surface area contributed by atoms with Crippen LogP contribution in [0.3, 0.4) is 0 Å². The molecule has 0 saturated carbocycles. The van der Waals surface area contributed by atoms with Gasteiger partial charge in [-0.25, -0.2) is 9.97 Å². The number of benzene rings is 5. The lowest BCUT2D eigenvalue weighted by molar-refractivity contribution is 0.317. The van der Waals surface area contributed by atoms with E-state index in [0.29, 0.717) is 16.0 Å². The van der Waals surface area contributed by atoms with Gasteiger partial charge in [0.1, 0.15) is 38.4 Å². The molecule has 30 nitrogen and oxygen atoms in total. The smallest absolute Gasteiger partial charge is 0.425 e. The first-order valence-corrected chi connectivity index (χ1v) is 33.3. The summed E-state index contributed by atoms with van der Waals surface area (Å²) in [6.45, 7) is 4.37. The number of azo groups is 3. The summed E-state index contributed by atoms with van der Waals surface area (Å²) in [5.41, 5.74) is 0.676. The Morgan fingerprint density at radius 1 is 0.711 bits per heavy atom. The van der Waals surface area contributed by atoms with Crippen LogP contribution < -0.4 is 4.74 Å². The Hall–Kier alpha value is -7.10. The van der Waals surface area contributed by atoms with E-state index in [1.165, 1.54) is 31.2 Å². The number of hydrogen-bond acceptors (Lipinski definition) is 26. The quantitative estimate of drug-likeness (QED) is 0.0190. The number of pyridine rings is 1. The molecule has 0 atom stereocenters. The lowest BCUT2D eigenvalue weighted by Gasteiger charge is -2.12. The summed E-state index contributed by atoms with van der Waals surface area (Å²) in [6, 6.07) is 14.4. The highest BCUT2D eigenvalue weighted by atomic mass is 35.5. The molecular weight excluding hydrogens is 1280 g/mol. The largest absolute Gasteiger partial charge is 0.493 e. The highest BCUT2D eigenvalue weighted by molar-refractivity contribution is 7.99. The zero-order valence-electron chi connectivity index (χ0n) is 42.0.